The lowest BCUT2D eigenvalue weighted by Gasteiger charge is -2.31. The van der Waals surface area contributed by atoms with Crippen LogP contribution in [0.15, 0.2) is 0 Å². The molecule has 0 fully saturated rings. The van der Waals surface area contributed by atoms with Crippen molar-refractivity contribution in [2.24, 2.45) is 5.41 Å². The number of amides is 3. The molecule has 0 saturated carbocycles. The van der Waals surface area contributed by atoms with Crippen molar-refractivity contribution in [1.29, 1.82) is 0 Å². The van der Waals surface area contributed by atoms with Crippen molar-refractivity contribution in [3.8, 4) is 0 Å². The quantitative estimate of drug-likeness (QED) is 0.326. The number of nitrogens with one attached hydrogen (secondary N) is 1. The molecule has 0 spiro atoms. The van der Waals surface area contributed by atoms with Gasteiger partial charge < -0.3 is 15.5 Å². The van der Waals surface area contributed by atoms with Crippen LogP contribution in [0, 0.1) is 5.41 Å². The number of thiol groups is 1. The van der Waals surface area contributed by atoms with Crippen LogP contribution in [-0.4, -0.2) is 64.4 Å². The van der Waals surface area contributed by atoms with Gasteiger partial charge in [0.05, 0.1) is 6.61 Å². The van der Waals surface area contributed by atoms with E-state index in [4.69, 9.17) is 0 Å². The number of aliphatic hydroxyl groups is 2. The van der Waals surface area contributed by atoms with E-state index in [1.165, 1.54) is 13.8 Å². The third-order valence-corrected chi connectivity index (χ3v) is 3.63. The van der Waals surface area contributed by atoms with Gasteiger partial charge in [-0.05, 0) is 6.42 Å². The maximum absolute atomic E-state index is 12.4. The molecular formula is C15H28N2O5S. The van der Waals surface area contributed by atoms with Crippen LogP contribution < -0.4 is 5.32 Å². The molecule has 134 valence electrons. The van der Waals surface area contributed by atoms with Gasteiger partial charge in [0.15, 0.2) is 0 Å². The van der Waals surface area contributed by atoms with E-state index in [1.54, 1.807) is 6.92 Å². The fourth-order valence-corrected chi connectivity index (χ4v) is 1.88. The summed E-state index contributed by atoms with van der Waals surface area (Å²) in [6.45, 7) is 4.74. The molecule has 0 aliphatic heterocycles. The molecule has 7 nitrogen and oxygen atoms in total. The number of carbonyl (C=O) groups excluding carboxylic acids is 3. The standard InChI is InChI=1S/C15H28N2O5S/c1-4-5-12(20)17(8-6-11(19)16-7-9-23)14(22)13(21)15(2,3)10-18/h13,18,21,23H,4-10H2,1-3H3,(H,16,19)/t13-/m0/s1/i1+1,4+1,5+1,12+1. The zero-order valence-corrected chi connectivity index (χ0v) is 14.9. The summed E-state index contributed by atoms with van der Waals surface area (Å²) < 4.78 is 0. The van der Waals surface area contributed by atoms with Crippen LogP contribution in [0.1, 0.15) is 40.0 Å². The second-order valence-electron chi connectivity index (χ2n) is 6.01. The van der Waals surface area contributed by atoms with Gasteiger partial charge in [-0.3, -0.25) is 19.3 Å². The van der Waals surface area contributed by atoms with Crippen molar-refractivity contribution < 1.29 is 24.6 Å². The number of nitrogens with zero attached hydrogens (tertiary/aromatic N) is 1. The summed E-state index contributed by atoms with van der Waals surface area (Å²) in [4.78, 5) is 37.1. The average Bonchev–Trinajstić information content (AvgIpc) is 2.52. The molecule has 0 aromatic carbocycles. The van der Waals surface area contributed by atoms with Crippen LogP contribution in [0.25, 0.3) is 0 Å². The van der Waals surface area contributed by atoms with Crippen LogP contribution in [0.4, 0.5) is 0 Å². The Morgan fingerprint density at radius 3 is 2.35 bits per heavy atom. The lowest BCUT2D eigenvalue weighted by atomic mass is 9.87. The van der Waals surface area contributed by atoms with E-state index in [2.05, 4.69) is 17.9 Å². The lowest BCUT2D eigenvalue weighted by molar-refractivity contribution is -0.156. The van der Waals surface area contributed by atoms with Crippen molar-refractivity contribution in [3.63, 3.8) is 0 Å². The van der Waals surface area contributed by atoms with Gasteiger partial charge in [-0.15, -0.1) is 0 Å². The van der Waals surface area contributed by atoms with E-state index in [9.17, 15) is 24.6 Å². The largest absolute Gasteiger partial charge is 0.396 e. The Kier molecular flexibility index (Phi) is 10.1. The minimum Gasteiger partial charge on any atom is -0.396 e. The molecule has 0 aliphatic rings. The Morgan fingerprint density at radius 1 is 1.26 bits per heavy atom. The Morgan fingerprint density at radius 2 is 1.87 bits per heavy atom. The monoisotopic (exact) mass is 352 g/mol. The van der Waals surface area contributed by atoms with E-state index in [0.717, 1.165) is 4.90 Å². The van der Waals surface area contributed by atoms with Crippen LogP contribution in [-0.2, 0) is 14.4 Å². The molecule has 0 aromatic heterocycles. The van der Waals surface area contributed by atoms with Crippen molar-refractivity contribution in [2.75, 3.05) is 25.4 Å². The number of carbonyl (C=O) groups is 3. The summed E-state index contributed by atoms with van der Waals surface area (Å²) in [5.74, 6) is -1.03. The first-order valence-corrected chi connectivity index (χ1v) is 8.35. The first kappa shape index (κ1) is 21.9. The molecule has 0 unspecified atom stereocenters. The molecule has 0 rings (SSSR count). The smallest absolute Gasteiger partial charge is 0.258 e. The predicted molar refractivity (Wildman–Crippen MR) is 90.0 cm³/mol. The summed E-state index contributed by atoms with van der Waals surface area (Å²) in [6.07, 6.45) is -0.861. The first-order valence-electron chi connectivity index (χ1n) is 7.72. The fourth-order valence-electron chi connectivity index (χ4n) is 1.77. The highest BCUT2D eigenvalue weighted by molar-refractivity contribution is 7.80. The molecule has 8 heteroatoms. The van der Waals surface area contributed by atoms with E-state index in [1.807, 2.05) is 0 Å². The molecule has 3 amide bonds. The Labute approximate surface area is 142 Å². The molecule has 1 atom stereocenters. The second-order valence-corrected chi connectivity index (χ2v) is 6.45. The summed E-state index contributed by atoms with van der Waals surface area (Å²) in [5.41, 5.74) is -1.07. The number of hydrogen-bond donors (Lipinski definition) is 4. The van der Waals surface area contributed by atoms with Gasteiger partial charge in [0.1, 0.15) is 6.10 Å². The molecule has 0 aromatic rings. The summed E-state index contributed by atoms with van der Waals surface area (Å²) >= 11 is 3.98. The fraction of sp³-hybridized carbons (Fsp3) is 0.800. The van der Waals surface area contributed by atoms with Crippen molar-refractivity contribution >= 4 is 30.4 Å². The zero-order chi connectivity index (χ0) is 18.0. The molecule has 3 N–H and O–H groups in total. The lowest BCUT2D eigenvalue weighted by Crippen LogP contribution is -2.50. The van der Waals surface area contributed by atoms with Gasteiger partial charge in [0, 0.05) is 37.1 Å². The minimum absolute atomic E-state index is 0.0404. The van der Waals surface area contributed by atoms with Crippen LogP contribution in [0.3, 0.4) is 0 Å². The zero-order valence-electron chi connectivity index (χ0n) is 14.0. The second kappa shape index (κ2) is 10.6. The number of aliphatic hydroxyl groups excluding tert-OH is 2. The first-order chi connectivity index (χ1) is 10.7. The number of rotatable bonds is 10. The van der Waals surface area contributed by atoms with Gasteiger partial charge in [0.2, 0.25) is 11.8 Å². The van der Waals surface area contributed by atoms with E-state index in [-0.39, 0.29) is 25.3 Å². The summed E-state index contributed by atoms with van der Waals surface area (Å²) in [6, 6.07) is 0. The van der Waals surface area contributed by atoms with Crippen LogP contribution in [0.5, 0.6) is 0 Å². The van der Waals surface area contributed by atoms with Crippen molar-refractivity contribution in [3.05, 3.63) is 0 Å². The van der Waals surface area contributed by atoms with E-state index in [0.29, 0.717) is 18.7 Å². The van der Waals surface area contributed by atoms with Gasteiger partial charge in [-0.1, -0.05) is 20.8 Å². The van der Waals surface area contributed by atoms with Crippen LogP contribution >= 0.6 is 12.6 Å². The Hall–Kier alpha value is -1.12. The SMILES string of the molecule is CC(C)(CO)[C@@H](O)C(=O)N(CCC(=O)NCCS)[13C](=O)[13CH2][13CH2][13CH3]. The molecule has 0 aliphatic carbocycles. The van der Waals surface area contributed by atoms with Gasteiger partial charge in [-0.2, -0.15) is 12.6 Å². The number of imide groups is 1. The minimum atomic E-state index is -1.52. The Bertz CT molecular complexity index is 415. The average molecular weight is 352 g/mol. The predicted octanol–water partition coefficient (Wildman–Crippen LogP) is -0.0428. The molecule has 0 heterocycles. The Balaban J connectivity index is 4.97. The van der Waals surface area contributed by atoms with Crippen LogP contribution in [0.2, 0.25) is 0 Å². The highest BCUT2D eigenvalue weighted by Gasteiger charge is 2.37. The summed E-state index contributed by atoms with van der Waals surface area (Å²) in [7, 11) is 0. The van der Waals surface area contributed by atoms with E-state index < -0.39 is 29.9 Å². The maximum atomic E-state index is 12.4. The maximum Gasteiger partial charge on any atom is 0.258 e. The van der Waals surface area contributed by atoms with Crippen molar-refractivity contribution in [2.45, 2.75) is 46.1 Å². The van der Waals surface area contributed by atoms with Gasteiger partial charge in [0.25, 0.3) is 5.91 Å². The van der Waals surface area contributed by atoms with Gasteiger partial charge in [-0.25, -0.2) is 0 Å². The third-order valence-electron chi connectivity index (χ3n) is 3.41. The normalized spacial score (nSPS) is 12.6. The molecule has 0 saturated heterocycles. The molecule has 0 radical (unpaired) electrons. The van der Waals surface area contributed by atoms with Crippen molar-refractivity contribution in [1.82, 2.24) is 10.2 Å². The van der Waals surface area contributed by atoms with Gasteiger partial charge >= 0.3 is 0 Å². The summed E-state index contributed by atoms with van der Waals surface area (Å²) in [5, 5.41) is 22.0. The highest BCUT2D eigenvalue weighted by Crippen LogP contribution is 2.22. The highest BCUT2D eigenvalue weighted by atomic mass is 32.1. The molecule has 23 heavy (non-hydrogen) atoms. The topological polar surface area (TPSA) is 107 Å². The third kappa shape index (κ3) is 7.32. The number of hydrogen-bond acceptors (Lipinski definition) is 6. The molecule has 0 bridgehead atoms. The molecular weight excluding hydrogens is 324 g/mol. The van der Waals surface area contributed by atoms with E-state index >= 15 is 0 Å².